The maximum atomic E-state index is 14.0. The van der Waals surface area contributed by atoms with Crippen LogP contribution in [-0.2, 0) is 0 Å². The first-order valence-corrected chi connectivity index (χ1v) is 8.56. The zero-order valence-electron chi connectivity index (χ0n) is 15.2. The van der Waals surface area contributed by atoms with Gasteiger partial charge in [-0.05, 0) is 24.3 Å². The zero-order chi connectivity index (χ0) is 21.7. The molecule has 0 amide bonds. The topological polar surface area (TPSA) is 79.3 Å². The predicted octanol–water partition coefficient (Wildman–Crippen LogP) is 4.47. The van der Waals surface area contributed by atoms with E-state index < -0.39 is 29.4 Å². The van der Waals surface area contributed by atoms with E-state index in [4.69, 9.17) is 5.11 Å². The second kappa shape index (κ2) is 8.91. The third kappa shape index (κ3) is 5.54. The van der Waals surface area contributed by atoms with Gasteiger partial charge in [-0.25, -0.2) is 13.8 Å². The Morgan fingerprint density at radius 1 is 0.967 bits per heavy atom. The van der Waals surface area contributed by atoms with Gasteiger partial charge in [0.15, 0.2) is 0 Å². The van der Waals surface area contributed by atoms with Crippen LogP contribution in [0.5, 0.6) is 5.75 Å². The molecular weight excluding hydrogens is 411 g/mol. The van der Waals surface area contributed by atoms with Gasteiger partial charge in [-0.3, -0.25) is 0 Å². The fourth-order valence-corrected chi connectivity index (χ4v) is 2.50. The van der Waals surface area contributed by atoms with Crippen LogP contribution >= 0.6 is 0 Å². The standard InChI is InChI=1S/C19H15F5N4O2/c20-13-5-2-6-14(21)17(13)27-16-10-15(26-18(28-16)25-7-8-29)11-3-1-4-12(9-11)30-19(22,23)24/h1-6,9-10,29H,7-8H2,(H2,25,26,27,28). The molecule has 0 fully saturated rings. The zero-order valence-corrected chi connectivity index (χ0v) is 15.2. The molecule has 0 saturated heterocycles. The molecule has 0 aliphatic rings. The Labute approximate surface area is 167 Å². The Balaban J connectivity index is 2.00. The Hall–Kier alpha value is -3.47. The number of aliphatic hydroxyl groups is 1. The molecule has 0 unspecified atom stereocenters. The minimum Gasteiger partial charge on any atom is -0.406 e. The monoisotopic (exact) mass is 426 g/mol. The first-order valence-electron chi connectivity index (χ1n) is 8.56. The highest BCUT2D eigenvalue weighted by Crippen LogP contribution is 2.30. The lowest BCUT2D eigenvalue weighted by molar-refractivity contribution is -0.274. The van der Waals surface area contributed by atoms with Gasteiger partial charge in [0.2, 0.25) is 5.95 Å². The lowest BCUT2D eigenvalue weighted by Crippen LogP contribution is -2.17. The van der Waals surface area contributed by atoms with Crippen molar-refractivity contribution >= 4 is 17.5 Å². The first kappa shape index (κ1) is 21.2. The highest BCUT2D eigenvalue weighted by Gasteiger charge is 2.31. The highest BCUT2D eigenvalue weighted by molar-refractivity contribution is 5.68. The minimum atomic E-state index is -4.87. The van der Waals surface area contributed by atoms with Gasteiger partial charge < -0.3 is 20.5 Å². The summed E-state index contributed by atoms with van der Waals surface area (Å²) in [4.78, 5) is 8.23. The van der Waals surface area contributed by atoms with Gasteiger partial charge in [0.1, 0.15) is 28.9 Å². The van der Waals surface area contributed by atoms with E-state index in [1.165, 1.54) is 24.3 Å². The van der Waals surface area contributed by atoms with E-state index in [0.29, 0.717) is 0 Å². The Bertz CT molecular complexity index is 1010. The average molecular weight is 426 g/mol. The molecule has 30 heavy (non-hydrogen) atoms. The third-order valence-corrected chi connectivity index (χ3v) is 3.70. The number of benzene rings is 2. The van der Waals surface area contributed by atoms with Gasteiger partial charge in [0, 0.05) is 18.2 Å². The summed E-state index contributed by atoms with van der Waals surface area (Å²) >= 11 is 0. The molecule has 0 aliphatic carbocycles. The van der Waals surface area contributed by atoms with Crippen LogP contribution in [0.25, 0.3) is 11.3 Å². The lowest BCUT2D eigenvalue weighted by Gasteiger charge is -2.13. The van der Waals surface area contributed by atoms with E-state index >= 15 is 0 Å². The highest BCUT2D eigenvalue weighted by atomic mass is 19.4. The summed E-state index contributed by atoms with van der Waals surface area (Å²) in [7, 11) is 0. The van der Waals surface area contributed by atoms with Gasteiger partial charge >= 0.3 is 6.36 Å². The number of anilines is 3. The van der Waals surface area contributed by atoms with Gasteiger partial charge in [0.05, 0.1) is 12.3 Å². The van der Waals surface area contributed by atoms with Crippen LogP contribution in [-0.4, -0.2) is 34.6 Å². The van der Waals surface area contributed by atoms with Crippen molar-refractivity contribution in [3.8, 4) is 17.0 Å². The molecule has 0 atom stereocenters. The number of nitrogens with zero attached hydrogens (tertiary/aromatic N) is 2. The predicted molar refractivity (Wildman–Crippen MR) is 99.4 cm³/mol. The van der Waals surface area contributed by atoms with Gasteiger partial charge in [0.25, 0.3) is 0 Å². The summed E-state index contributed by atoms with van der Waals surface area (Å²) in [6, 6.07) is 9.66. The summed E-state index contributed by atoms with van der Waals surface area (Å²) in [5.74, 6) is -2.21. The fourth-order valence-electron chi connectivity index (χ4n) is 2.50. The van der Waals surface area contributed by atoms with E-state index in [-0.39, 0.29) is 36.2 Å². The Morgan fingerprint density at radius 2 is 1.67 bits per heavy atom. The van der Waals surface area contributed by atoms with Gasteiger partial charge in [-0.1, -0.05) is 18.2 Å². The second-order valence-electron chi connectivity index (χ2n) is 5.91. The molecule has 3 aromatic rings. The van der Waals surface area contributed by atoms with Crippen LogP contribution in [0.3, 0.4) is 0 Å². The van der Waals surface area contributed by atoms with Crippen LogP contribution in [0.1, 0.15) is 0 Å². The molecule has 3 N–H and O–H groups in total. The molecule has 0 radical (unpaired) electrons. The lowest BCUT2D eigenvalue weighted by atomic mass is 10.1. The van der Waals surface area contributed by atoms with E-state index in [9.17, 15) is 22.0 Å². The second-order valence-corrected chi connectivity index (χ2v) is 5.91. The van der Waals surface area contributed by atoms with Crippen molar-refractivity contribution < 1.29 is 31.8 Å². The van der Waals surface area contributed by atoms with Crippen molar-refractivity contribution in [3.63, 3.8) is 0 Å². The molecule has 0 saturated carbocycles. The molecule has 158 valence electrons. The first-order chi connectivity index (χ1) is 14.2. The molecule has 3 rings (SSSR count). The van der Waals surface area contributed by atoms with E-state index in [1.54, 1.807) is 0 Å². The largest absolute Gasteiger partial charge is 0.573 e. The molecule has 0 bridgehead atoms. The van der Waals surface area contributed by atoms with Gasteiger partial charge in [-0.15, -0.1) is 13.2 Å². The molecule has 2 aromatic carbocycles. The van der Waals surface area contributed by atoms with E-state index in [2.05, 4.69) is 25.3 Å². The number of hydrogen-bond donors (Lipinski definition) is 3. The number of hydrogen-bond acceptors (Lipinski definition) is 6. The molecule has 1 aromatic heterocycles. The summed E-state index contributed by atoms with van der Waals surface area (Å²) in [6.07, 6.45) is -4.87. The molecule has 11 heteroatoms. The molecule has 0 spiro atoms. The maximum Gasteiger partial charge on any atom is 0.573 e. The number of rotatable bonds is 7. The van der Waals surface area contributed by atoms with Crippen molar-refractivity contribution in [1.29, 1.82) is 0 Å². The van der Waals surface area contributed by atoms with E-state index in [1.807, 2.05) is 0 Å². The van der Waals surface area contributed by atoms with Crippen molar-refractivity contribution in [2.45, 2.75) is 6.36 Å². The average Bonchev–Trinajstić information content (AvgIpc) is 2.68. The third-order valence-electron chi connectivity index (χ3n) is 3.70. The Morgan fingerprint density at radius 3 is 2.33 bits per heavy atom. The Kier molecular flexibility index (Phi) is 6.31. The SMILES string of the molecule is OCCNc1nc(Nc2c(F)cccc2F)cc(-c2cccc(OC(F)(F)F)c2)n1. The van der Waals surface area contributed by atoms with Crippen molar-refractivity contribution in [3.05, 3.63) is 60.2 Å². The number of halogens is 5. The summed E-state index contributed by atoms with van der Waals surface area (Å²) < 4.78 is 69.3. The van der Waals surface area contributed by atoms with Crippen LogP contribution in [0.15, 0.2) is 48.5 Å². The number of aromatic nitrogens is 2. The summed E-state index contributed by atoms with van der Waals surface area (Å²) in [5.41, 5.74) is -0.0648. The molecule has 0 aliphatic heterocycles. The maximum absolute atomic E-state index is 14.0. The van der Waals surface area contributed by atoms with Crippen LogP contribution in [0.2, 0.25) is 0 Å². The summed E-state index contributed by atoms with van der Waals surface area (Å²) in [6.45, 7) is -0.165. The van der Waals surface area contributed by atoms with Crippen molar-refractivity contribution in [1.82, 2.24) is 9.97 Å². The van der Waals surface area contributed by atoms with Gasteiger partial charge in [-0.2, -0.15) is 4.98 Å². The van der Waals surface area contributed by atoms with Crippen molar-refractivity contribution in [2.24, 2.45) is 0 Å². The normalized spacial score (nSPS) is 11.3. The number of alkyl halides is 3. The molecule has 1 heterocycles. The molecule has 6 nitrogen and oxygen atoms in total. The summed E-state index contributed by atoms with van der Waals surface area (Å²) in [5, 5.41) is 14.2. The smallest absolute Gasteiger partial charge is 0.406 e. The van der Waals surface area contributed by atoms with Crippen LogP contribution in [0, 0.1) is 11.6 Å². The number of ether oxygens (including phenoxy) is 1. The minimum absolute atomic E-state index is 0.0112. The number of nitrogens with one attached hydrogen (secondary N) is 2. The van der Waals surface area contributed by atoms with Crippen molar-refractivity contribution in [2.75, 3.05) is 23.8 Å². The molecular formula is C19H15F5N4O2. The number of aliphatic hydroxyl groups excluding tert-OH is 1. The van der Waals surface area contributed by atoms with Crippen LogP contribution < -0.4 is 15.4 Å². The number of para-hydroxylation sites is 1. The van der Waals surface area contributed by atoms with Crippen LogP contribution in [0.4, 0.5) is 39.4 Å². The fraction of sp³-hybridized carbons (Fsp3) is 0.158. The quantitative estimate of drug-likeness (QED) is 0.484. The van der Waals surface area contributed by atoms with E-state index in [0.717, 1.165) is 24.3 Å².